The number of ether oxygens (including phenoxy) is 1. The van der Waals surface area contributed by atoms with Crippen molar-refractivity contribution in [2.24, 2.45) is 5.92 Å². The van der Waals surface area contributed by atoms with Gasteiger partial charge in [0.05, 0.1) is 11.7 Å². The standard InChI is InChI=1S/C28H36ClN5O3/c1-4-7-13-34-24-11-10-21(14-20(24)15-25(27(34)36)37-18-22(35)6-3)31-26-23(29)16-30-28(32-26)33-12-8-9-19(5-2)17-33/h10-11,14-16,19H,4-9,12-13,17-18H2,1-3H3,(H,30,31,32). The molecule has 1 N–H and O–H groups in total. The monoisotopic (exact) mass is 525 g/mol. The highest BCUT2D eigenvalue weighted by molar-refractivity contribution is 6.32. The molecular weight excluding hydrogens is 490 g/mol. The number of nitrogens with zero attached hydrogens (tertiary/aromatic N) is 4. The lowest BCUT2D eigenvalue weighted by Gasteiger charge is -2.32. The number of pyridine rings is 1. The first-order valence-electron chi connectivity index (χ1n) is 13.3. The Kier molecular flexibility index (Phi) is 9.03. The molecular formula is C28H36ClN5O3. The third-order valence-corrected chi connectivity index (χ3v) is 7.23. The maximum Gasteiger partial charge on any atom is 0.293 e. The van der Waals surface area contributed by atoms with E-state index in [1.165, 1.54) is 6.42 Å². The summed E-state index contributed by atoms with van der Waals surface area (Å²) in [6, 6.07) is 7.48. The lowest BCUT2D eigenvalue weighted by Crippen LogP contribution is -2.36. The van der Waals surface area contributed by atoms with Crippen LogP contribution >= 0.6 is 11.6 Å². The van der Waals surface area contributed by atoms with Crippen LogP contribution in [0.25, 0.3) is 10.9 Å². The molecule has 3 heterocycles. The van der Waals surface area contributed by atoms with Gasteiger partial charge in [0.15, 0.2) is 17.4 Å². The minimum Gasteiger partial charge on any atom is -0.480 e. The smallest absolute Gasteiger partial charge is 0.293 e. The number of aromatic nitrogens is 3. The van der Waals surface area contributed by atoms with E-state index in [1.54, 1.807) is 23.8 Å². The van der Waals surface area contributed by atoms with E-state index in [-0.39, 0.29) is 23.7 Å². The van der Waals surface area contributed by atoms with Gasteiger partial charge in [-0.1, -0.05) is 45.2 Å². The summed E-state index contributed by atoms with van der Waals surface area (Å²) in [4.78, 5) is 36.4. The molecule has 9 heteroatoms. The summed E-state index contributed by atoms with van der Waals surface area (Å²) in [5.41, 5.74) is 1.37. The van der Waals surface area contributed by atoms with Gasteiger partial charge in [-0.05, 0) is 49.4 Å². The Balaban J connectivity index is 1.65. The van der Waals surface area contributed by atoms with Gasteiger partial charge in [0, 0.05) is 37.1 Å². The first kappa shape index (κ1) is 26.9. The van der Waals surface area contributed by atoms with Crippen LogP contribution in [-0.2, 0) is 11.3 Å². The van der Waals surface area contributed by atoms with Crippen molar-refractivity contribution in [3.05, 3.63) is 45.8 Å². The molecule has 0 saturated carbocycles. The summed E-state index contributed by atoms with van der Waals surface area (Å²) in [7, 11) is 0. The third kappa shape index (κ3) is 6.42. The van der Waals surface area contributed by atoms with Gasteiger partial charge in [0.2, 0.25) is 5.95 Å². The molecule has 1 aromatic carbocycles. The molecule has 0 radical (unpaired) electrons. The second kappa shape index (κ2) is 12.4. The third-order valence-electron chi connectivity index (χ3n) is 6.95. The van der Waals surface area contributed by atoms with Gasteiger partial charge in [-0.2, -0.15) is 4.98 Å². The lowest BCUT2D eigenvalue weighted by molar-refractivity contribution is -0.120. The molecule has 4 rings (SSSR count). The Morgan fingerprint density at radius 2 is 2.08 bits per heavy atom. The maximum absolute atomic E-state index is 13.1. The molecule has 1 aliphatic heterocycles. The predicted octanol–water partition coefficient (Wildman–Crippen LogP) is 5.97. The van der Waals surface area contributed by atoms with Crippen molar-refractivity contribution in [2.45, 2.75) is 65.8 Å². The normalized spacial score (nSPS) is 15.7. The number of carbonyl (C=O) groups excluding carboxylic acids is 1. The number of hydrogen-bond acceptors (Lipinski definition) is 7. The molecule has 3 aromatic rings. The van der Waals surface area contributed by atoms with E-state index >= 15 is 0 Å². The SMILES string of the molecule is CCCCn1c(=O)c(OCC(=O)CC)cc2cc(Nc3nc(N4CCCC(CC)C4)ncc3Cl)ccc21. The van der Waals surface area contributed by atoms with Crippen molar-refractivity contribution < 1.29 is 9.53 Å². The molecule has 198 valence electrons. The van der Waals surface area contributed by atoms with E-state index in [9.17, 15) is 9.59 Å². The summed E-state index contributed by atoms with van der Waals surface area (Å²) in [6.45, 7) is 8.44. The molecule has 0 aliphatic carbocycles. The second-order valence-electron chi connectivity index (χ2n) is 9.63. The summed E-state index contributed by atoms with van der Waals surface area (Å²) < 4.78 is 7.37. The summed E-state index contributed by atoms with van der Waals surface area (Å²) >= 11 is 6.47. The fourth-order valence-electron chi connectivity index (χ4n) is 4.66. The number of rotatable bonds is 11. The number of unbranched alkanes of at least 4 members (excludes halogenated alkanes) is 1. The number of Topliss-reactive ketones (excluding diaryl/α,β-unsaturated/α-hetero) is 1. The molecule has 1 unspecified atom stereocenters. The zero-order valence-electron chi connectivity index (χ0n) is 21.9. The number of hydrogen-bond donors (Lipinski definition) is 1. The van der Waals surface area contributed by atoms with E-state index < -0.39 is 0 Å². The number of piperidine rings is 1. The van der Waals surface area contributed by atoms with E-state index in [4.69, 9.17) is 21.3 Å². The topological polar surface area (TPSA) is 89.3 Å². The molecule has 0 amide bonds. The summed E-state index contributed by atoms with van der Waals surface area (Å²) in [5, 5.41) is 4.59. The van der Waals surface area contributed by atoms with Crippen LogP contribution in [0.1, 0.15) is 59.3 Å². The number of carbonyl (C=O) groups is 1. The average Bonchev–Trinajstić information content (AvgIpc) is 2.92. The zero-order valence-corrected chi connectivity index (χ0v) is 22.7. The number of aryl methyl sites for hydroxylation is 1. The Morgan fingerprint density at radius 3 is 2.84 bits per heavy atom. The molecule has 1 fully saturated rings. The number of halogens is 1. The Labute approximate surface area is 223 Å². The predicted molar refractivity (Wildman–Crippen MR) is 149 cm³/mol. The second-order valence-corrected chi connectivity index (χ2v) is 10.0. The number of fused-ring (bicyclic) bond motifs is 1. The molecule has 0 spiro atoms. The van der Waals surface area contributed by atoms with Crippen molar-refractivity contribution in [1.82, 2.24) is 14.5 Å². The molecule has 2 aromatic heterocycles. The largest absolute Gasteiger partial charge is 0.480 e. The first-order chi connectivity index (χ1) is 17.9. The molecule has 0 bridgehead atoms. The van der Waals surface area contributed by atoms with Crippen LogP contribution < -0.4 is 20.5 Å². The van der Waals surface area contributed by atoms with Crippen molar-refractivity contribution in [2.75, 3.05) is 29.9 Å². The zero-order chi connectivity index (χ0) is 26.4. The minimum absolute atomic E-state index is 0.0526. The molecule has 1 aliphatic rings. The highest BCUT2D eigenvalue weighted by atomic mass is 35.5. The van der Waals surface area contributed by atoms with Crippen molar-refractivity contribution >= 4 is 45.7 Å². The fraction of sp³-hybridized carbons (Fsp3) is 0.500. The summed E-state index contributed by atoms with van der Waals surface area (Å²) in [6.07, 6.45) is 7.34. The number of benzene rings is 1. The van der Waals surface area contributed by atoms with Gasteiger partial charge in [-0.25, -0.2) is 4.98 Å². The Hall–Kier alpha value is -3.13. The molecule has 1 atom stereocenters. The van der Waals surface area contributed by atoms with Crippen molar-refractivity contribution in [3.63, 3.8) is 0 Å². The highest BCUT2D eigenvalue weighted by Crippen LogP contribution is 2.29. The van der Waals surface area contributed by atoms with Crippen LogP contribution in [-0.4, -0.2) is 40.0 Å². The molecule has 8 nitrogen and oxygen atoms in total. The van der Waals surface area contributed by atoms with Gasteiger partial charge < -0.3 is 19.5 Å². The van der Waals surface area contributed by atoms with Crippen molar-refractivity contribution in [3.8, 4) is 5.75 Å². The van der Waals surface area contributed by atoms with Crippen LogP contribution in [0, 0.1) is 5.92 Å². The molecule has 1 saturated heterocycles. The number of anilines is 3. The lowest BCUT2D eigenvalue weighted by atomic mass is 9.96. The van der Waals surface area contributed by atoms with E-state index in [2.05, 4.69) is 29.0 Å². The van der Waals surface area contributed by atoms with Crippen molar-refractivity contribution in [1.29, 1.82) is 0 Å². The van der Waals surface area contributed by atoms with E-state index in [1.807, 2.05) is 18.2 Å². The van der Waals surface area contributed by atoms with Crippen LogP contribution in [0.4, 0.5) is 17.5 Å². The van der Waals surface area contributed by atoms with Gasteiger partial charge >= 0.3 is 0 Å². The highest BCUT2D eigenvalue weighted by Gasteiger charge is 2.21. The van der Waals surface area contributed by atoms with Crippen LogP contribution in [0.3, 0.4) is 0 Å². The van der Waals surface area contributed by atoms with Crippen LogP contribution in [0.15, 0.2) is 35.3 Å². The number of ketones is 1. The summed E-state index contributed by atoms with van der Waals surface area (Å²) in [5.74, 6) is 1.99. The number of nitrogens with one attached hydrogen (secondary N) is 1. The van der Waals surface area contributed by atoms with Gasteiger partial charge in [-0.3, -0.25) is 9.59 Å². The minimum atomic E-state index is -0.221. The molecule has 37 heavy (non-hydrogen) atoms. The van der Waals surface area contributed by atoms with Gasteiger partial charge in [0.1, 0.15) is 11.6 Å². The van der Waals surface area contributed by atoms with Gasteiger partial charge in [-0.15, -0.1) is 0 Å². The van der Waals surface area contributed by atoms with E-state index in [0.717, 1.165) is 55.4 Å². The Morgan fingerprint density at radius 1 is 1.24 bits per heavy atom. The first-order valence-corrected chi connectivity index (χ1v) is 13.7. The maximum atomic E-state index is 13.1. The van der Waals surface area contributed by atoms with Gasteiger partial charge in [0.25, 0.3) is 5.56 Å². The van der Waals surface area contributed by atoms with Crippen LogP contribution in [0.2, 0.25) is 5.02 Å². The van der Waals surface area contributed by atoms with Crippen LogP contribution in [0.5, 0.6) is 5.75 Å². The fourth-order valence-corrected chi connectivity index (χ4v) is 4.79. The quantitative estimate of drug-likeness (QED) is 0.329. The average molecular weight is 526 g/mol. The van der Waals surface area contributed by atoms with E-state index in [0.29, 0.717) is 35.7 Å². The Bertz CT molecular complexity index is 1310.